The van der Waals surface area contributed by atoms with Crippen molar-refractivity contribution in [3.05, 3.63) is 30.1 Å². The Kier molecular flexibility index (Phi) is 9.25. The number of nitrogens with zero attached hydrogens (tertiary/aromatic N) is 4. The van der Waals surface area contributed by atoms with Gasteiger partial charge in [-0.15, -0.1) is 24.0 Å². The summed E-state index contributed by atoms with van der Waals surface area (Å²) in [5, 5.41) is 0. The first-order chi connectivity index (χ1) is 12.7. The number of anilines is 1. The second-order valence-electron chi connectivity index (χ2n) is 7.59. The highest BCUT2D eigenvalue weighted by Crippen LogP contribution is 2.16. The summed E-state index contributed by atoms with van der Waals surface area (Å²) in [4.78, 5) is 22.0. The van der Waals surface area contributed by atoms with Gasteiger partial charge >= 0.3 is 6.09 Å². The van der Waals surface area contributed by atoms with Crippen LogP contribution in [0.15, 0.2) is 29.3 Å². The molecule has 9 heteroatoms. The van der Waals surface area contributed by atoms with E-state index in [0.717, 1.165) is 31.9 Å². The van der Waals surface area contributed by atoms with Crippen LogP contribution in [-0.4, -0.2) is 73.8 Å². The van der Waals surface area contributed by atoms with Crippen molar-refractivity contribution in [1.29, 1.82) is 0 Å². The van der Waals surface area contributed by atoms with Crippen LogP contribution in [0.5, 0.6) is 0 Å². The van der Waals surface area contributed by atoms with Crippen LogP contribution in [0.25, 0.3) is 0 Å². The number of likely N-dealkylation sites (N-methyl/N-ethyl adjacent to an activating group) is 1. The van der Waals surface area contributed by atoms with Crippen LogP contribution in [0.1, 0.15) is 20.8 Å². The number of nitrogens with two attached hydrogens (primary N) is 1. The summed E-state index contributed by atoms with van der Waals surface area (Å²) in [7, 11) is 1.68. The second kappa shape index (κ2) is 10.7. The Hall–Kier alpha value is -1.78. The third-order valence-electron chi connectivity index (χ3n) is 4.21. The highest BCUT2D eigenvalue weighted by molar-refractivity contribution is 14.0. The quantitative estimate of drug-likeness (QED) is 0.386. The Morgan fingerprint density at radius 3 is 2.32 bits per heavy atom. The normalized spacial score (nSPS) is 15.1. The van der Waals surface area contributed by atoms with E-state index in [0.29, 0.717) is 19.0 Å². The van der Waals surface area contributed by atoms with Gasteiger partial charge in [-0.3, -0.25) is 4.99 Å². The van der Waals surface area contributed by atoms with Crippen LogP contribution < -0.4 is 10.6 Å². The molecule has 158 valence electrons. The summed E-state index contributed by atoms with van der Waals surface area (Å²) in [5.41, 5.74) is 6.58. The molecule has 2 N–H and O–H groups in total. The largest absolute Gasteiger partial charge is 0.444 e. The van der Waals surface area contributed by atoms with Crippen LogP contribution in [0, 0.1) is 5.82 Å². The maximum absolute atomic E-state index is 13.0. The molecule has 1 heterocycles. The summed E-state index contributed by atoms with van der Waals surface area (Å²) in [6, 6.07) is 6.52. The Morgan fingerprint density at radius 1 is 1.21 bits per heavy atom. The van der Waals surface area contributed by atoms with Crippen LogP contribution in [0.4, 0.5) is 14.9 Å². The van der Waals surface area contributed by atoms with Crippen LogP contribution in [0.3, 0.4) is 0 Å². The molecule has 1 aliphatic heterocycles. The van der Waals surface area contributed by atoms with Gasteiger partial charge in [-0.1, -0.05) is 0 Å². The Morgan fingerprint density at radius 2 is 1.79 bits per heavy atom. The molecule has 1 aromatic rings. The number of aliphatic imine (C=N–C) groups is 1. The van der Waals surface area contributed by atoms with Crippen molar-refractivity contribution in [3.8, 4) is 0 Å². The molecule has 1 aliphatic rings. The van der Waals surface area contributed by atoms with Gasteiger partial charge in [0.15, 0.2) is 5.96 Å². The Bertz CT molecular complexity index is 655. The molecule has 0 bridgehead atoms. The zero-order chi connectivity index (χ0) is 20.0. The van der Waals surface area contributed by atoms with E-state index in [-0.39, 0.29) is 35.9 Å². The fraction of sp³-hybridized carbons (Fsp3) is 0.579. The van der Waals surface area contributed by atoms with Crippen molar-refractivity contribution in [2.45, 2.75) is 26.4 Å². The van der Waals surface area contributed by atoms with E-state index in [1.807, 2.05) is 25.7 Å². The van der Waals surface area contributed by atoms with E-state index < -0.39 is 5.60 Å². The molecule has 2 rings (SSSR count). The van der Waals surface area contributed by atoms with Gasteiger partial charge in [0.2, 0.25) is 0 Å². The monoisotopic (exact) mass is 507 g/mol. The highest BCUT2D eigenvalue weighted by atomic mass is 127. The third kappa shape index (κ3) is 7.69. The lowest BCUT2D eigenvalue weighted by Gasteiger charge is -2.36. The topological polar surface area (TPSA) is 74.4 Å². The van der Waals surface area contributed by atoms with Crippen LogP contribution in [-0.2, 0) is 4.74 Å². The fourth-order valence-corrected chi connectivity index (χ4v) is 2.69. The molecule has 1 aromatic carbocycles. The van der Waals surface area contributed by atoms with Gasteiger partial charge in [-0.25, -0.2) is 9.18 Å². The number of halogens is 2. The molecule has 1 fully saturated rings. The lowest BCUT2D eigenvalue weighted by atomic mass is 10.2. The SMILES string of the molecule is CN(CCN=C(N)N1CCN(c2ccc(F)cc2)CC1)C(=O)OC(C)(C)C.I. The fourth-order valence-electron chi connectivity index (χ4n) is 2.69. The van der Waals surface area contributed by atoms with Crippen LogP contribution in [0.2, 0.25) is 0 Å². The van der Waals surface area contributed by atoms with E-state index in [9.17, 15) is 9.18 Å². The Balaban J connectivity index is 0.00000392. The van der Waals surface area contributed by atoms with Crippen LogP contribution >= 0.6 is 24.0 Å². The van der Waals surface area contributed by atoms with Crippen molar-refractivity contribution >= 4 is 41.7 Å². The summed E-state index contributed by atoms with van der Waals surface area (Å²) < 4.78 is 18.3. The van der Waals surface area contributed by atoms with Crippen molar-refractivity contribution in [2.24, 2.45) is 10.7 Å². The first-order valence-corrected chi connectivity index (χ1v) is 9.15. The number of piperazine rings is 1. The van der Waals surface area contributed by atoms with Crippen molar-refractivity contribution in [2.75, 3.05) is 51.2 Å². The number of guanidine groups is 1. The van der Waals surface area contributed by atoms with Gasteiger partial charge in [-0.2, -0.15) is 0 Å². The average molecular weight is 507 g/mol. The lowest BCUT2D eigenvalue weighted by molar-refractivity contribution is 0.0304. The van der Waals surface area contributed by atoms with E-state index in [2.05, 4.69) is 9.89 Å². The number of benzene rings is 1. The molecular weight excluding hydrogens is 476 g/mol. The molecule has 0 saturated carbocycles. The summed E-state index contributed by atoms with van der Waals surface area (Å²) >= 11 is 0. The molecule has 1 amide bonds. The molecule has 0 unspecified atom stereocenters. The third-order valence-corrected chi connectivity index (χ3v) is 4.21. The standard InChI is InChI=1S/C19H30FN5O2.HI/c1-19(2,3)27-18(26)23(4)10-9-22-17(21)25-13-11-24(12-14-25)16-7-5-15(20)6-8-16;/h5-8H,9-14H2,1-4H3,(H2,21,22);1H. The summed E-state index contributed by atoms with van der Waals surface area (Å²) in [6.45, 7) is 9.43. The van der Waals surface area contributed by atoms with Crippen molar-refractivity contribution < 1.29 is 13.9 Å². The zero-order valence-corrected chi connectivity index (χ0v) is 19.4. The number of amides is 1. The van der Waals surface area contributed by atoms with Gasteiger partial charge in [0.05, 0.1) is 6.54 Å². The molecule has 7 nitrogen and oxygen atoms in total. The van der Waals surface area contributed by atoms with E-state index in [4.69, 9.17) is 10.5 Å². The lowest BCUT2D eigenvalue weighted by Crippen LogP contribution is -2.51. The number of hydrogen-bond acceptors (Lipinski definition) is 4. The number of carbonyl (C=O) groups excluding carboxylic acids is 1. The minimum atomic E-state index is -0.516. The second-order valence-corrected chi connectivity index (χ2v) is 7.59. The Labute approximate surface area is 183 Å². The number of hydrogen-bond donors (Lipinski definition) is 1. The van der Waals surface area contributed by atoms with Gasteiger partial charge in [0.1, 0.15) is 11.4 Å². The summed E-state index contributed by atoms with van der Waals surface area (Å²) in [6.07, 6.45) is -0.371. The first-order valence-electron chi connectivity index (χ1n) is 9.15. The van der Waals surface area contributed by atoms with Gasteiger partial charge in [0, 0.05) is 45.5 Å². The van der Waals surface area contributed by atoms with E-state index in [1.165, 1.54) is 17.0 Å². The maximum atomic E-state index is 13.0. The highest BCUT2D eigenvalue weighted by Gasteiger charge is 2.20. The van der Waals surface area contributed by atoms with E-state index >= 15 is 0 Å². The molecule has 0 aromatic heterocycles. The van der Waals surface area contributed by atoms with Gasteiger partial charge < -0.3 is 25.2 Å². The maximum Gasteiger partial charge on any atom is 0.410 e. The molecular formula is C19H31FIN5O2. The number of rotatable bonds is 4. The molecule has 28 heavy (non-hydrogen) atoms. The minimum absolute atomic E-state index is 0. The first kappa shape index (κ1) is 24.3. The van der Waals surface area contributed by atoms with Gasteiger partial charge in [0.25, 0.3) is 0 Å². The molecule has 0 aliphatic carbocycles. The summed E-state index contributed by atoms with van der Waals surface area (Å²) in [5.74, 6) is 0.247. The number of carbonyl (C=O) groups is 1. The smallest absolute Gasteiger partial charge is 0.410 e. The zero-order valence-electron chi connectivity index (χ0n) is 17.0. The minimum Gasteiger partial charge on any atom is -0.444 e. The predicted molar refractivity (Wildman–Crippen MR) is 121 cm³/mol. The van der Waals surface area contributed by atoms with Gasteiger partial charge in [-0.05, 0) is 45.0 Å². The molecule has 1 saturated heterocycles. The number of ether oxygens (including phenoxy) is 1. The predicted octanol–water partition coefficient (Wildman–Crippen LogP) is 2.75. The molecule has 0 spiro atoms. The molecule has 0 atom stereocenters. The average Bonchev–Trinajstić information content (AvgIpc) is 2.61. The van der Waals surface area contributed by atoms with Crippen molar-refractivity contribution in [3.63, 3.8) is 0 Å². The molecule has 0 radical (unpaired) electrons. The van der Waals surface area contributed by atoms with E-state index in [1.54, 1.807) is 19.2 Å². The van der Waals surface area contributed by atoms with Crippen molar-refractivity contribution in [1.82, 2.24) is 9.80 Å².